The molecule has 0 spiro atoms. The molecule has 6 heteroatoms. The van der Waals surface area contributed by atoms with E-state index in [2.05, 4.69) is 20.4 Å². The van der Waals surface area contributed by atoms with Gasteiger partial charge in [-0.25, -0.2) is 9.97 Å². The Labute approximate surface area is 105 Å². The third kappa shape index (κ3) is 2.94. The van der Waals surface area contributed by atoms with Gasteiger partial charge < -0.3 is 5.32 Å². The maximum atomic E-state index is 5.91. The van der Waals surface area contributed by atoms with Gasteiger partial charge in [-0.2, -0.15) is 5.10 Å². The summed E-state index contributed by atoms with van der Waals surface area (Å²) in [6.45, 7) is 2.69. The average molecular weight is 252 g/mol. The van der Waals surface area contributed by atoms with Crippen LogP contribution >= 0.6 is 11.6 Å². The molecule has 0 aliphatic heterocycles. The minimum absolute atomic E-state index is 0.490. The molecule has 5 nitrogen and oxygen atoms in total. The van der Waals surface area contributed by atoms with Crippen LogP contribution in [0, 0.1) is 6.92 Å². The smallest absolute Gasteiger partial charge is 0.137 e. The minimum atomic E-state index is 0.490. The molecule has 0 saturated heterocycles. The van der Waals surface area contributed by atoms with E-state index in [0.29, 0.717) is 5.15 Å². The highest BCUT2D eigenvalue weighted by atomic mass is 35.5. The molecule has 1 N–H and O–H groups in total. The lowest BCUT2D eigenvalue weighted by atomic mass is 10.2. The Morgan fingerprint density at radius 1 is 1.41 bits per heavy atom. The summed E-state index contributed by atoms with van der Waals surface area (Å²) in [5, 5.41) is 7.84. The molecule has 0 fully saturated rings. The van der Waals surface area contributed by atoms with Crippen LogP contribution in [0.4, 0.5) is 5.82 Å². The highest BCUT2D eigenvalue weighted by molar-refractivity contribution is 6.30. The third-order valence-electron chi connectivity index (χ3n) is 2.49. The van der Waals surface area contributed by atoms with Gasteiger partial charge in [-0.15, -0.1) is 0 Å². The SMILES string of the molecule is Cc1c(Cl)ncnc1NCCc1cnn(C)c1. The zero-order chi connectivity index (χ0) is 12.3. The van der Waals surface area contributed by atoms with E-state index in [9.17, 15) is 0 Å². The molecule has 2 aromatic heterocycles. The van der Waals surface area contributed by atoms with Crippen LogP contribution in [0.15, 0.2) is 18.7 Å². The second kappa shape index (κ2) is 5.14. The minimum Gasteiger partial charge on any atom is -0.369 e. The molecule has 0 bridgehead atoms. The number of aryl methyl sites for hydroxylation is 1. The predicted molar refractivity (Wildman–Crippen MR) is 67.2 cm³/mol. The number of aromatic nitrogens is 4. The standard InChI is InChI=1S/C11H14ClN5/c1-8-10(12)14-7-15-11(8)13-4-3-9-5-16-17(2)6-9/h5-7H,3-4H2,1-2H3,(H,13,14,15). The average Bonchev–Trinajstić information content (AvgIpc) is 2.70. The number of anilines is 1. The fraction of sp³-hybridized carbons (Fsp3) is 0.364. The van der Waals surface area contributed by atoms with Crippen molar-refractivity contribution in [1.82, 2.24) is 19.7 Å². The molecular formula is C11H14ClN5. The number of nitrogens with zero attached hydrogens (tertiary/aromatic N) is 4. The van der Waals surface area contributed by atoms with Gasteiger partial charge in [0.05, 0.1) is 6.20 Å². The number of hydrogen-bond acceptors (Lipinski definition) is 4. The Morgan fingerprint density at radius 2 is 2.24 bits per heavy atom. The van der Waals surface area contributed by atoms with Gasteiger partial charge >= 0.3 is 0 Å². The Morgan fingerprint density at radius 3 is 2.94 bits per heavy atom. The van der Waals surface area contributed by atoms with E-state index >= 15 is 0 Å². The van der Waals surface area contributed by atoms with Crippen LogP contribution in [0.1, 0.15) is 11.1 Å². The number of halogens is 1. The molecular weight excluding hydrogens is 238 g/mol. The fourth-order valence-electron chi connectivity index (χ4n) is 1.53. The van der Waals surface area contributed by atoms with E-state index < -0.39 is 0 Å². The molecule has 2 heterocycles. The normalized spacial score (nSPS) is 10.5. The number of hydrogen-bond donors (Lipinski definition) is 1. The summed E-state index contributed by atoms with van der Waals surface area (Å²) < 4.78 is 1.79. The molecule has 0 saturated carbocycles. The molecule has 0 atom stereocenters. The summed E-state index contributed by atoms with van der Waals surface area (Å²) in [4.78, 5) is 8.06. The van der Waals surface area contributed by atoms with E-state index in [1.54, 1.807) is 4.68 Å². The monoisotopic (exact) mass is 251 g/mol. The molecule has 0 aliphatic carbocycles. The quantitative estimate of drug-likeness (QED) is 0.843. The molecule has 0 aliphatic rings. The van der Waals surface area contributed by atoms with Crippen LogP contribution in [0.2, 0.25) is 5.15 Å². The van der Waals surface area contributed by atoms with E-state index in [-0.39, 0.29) is 0 Å². The van der Waals surface area contributed by atoms with Crippen LogP contribution in [0.5, 0.6) is 0 Å². The molecule has 17 heavy (non-hydrogen) atoms. The summed E-state index contributed by atoms with van der Waals surface area (Å²) >= 11 is 5.91. The fourth-order valence-corrected chi connectivity index (χ4v) is 1.67. The summed E-state index contributed by atoms with van der Waals surface area (Å²) in [6.07, 6.45) is 6.22. The van der Waals surface area contributed by atoms with E-state index in [1.807, 2.05) is 26.4 Å². The van der Waals surface area contributed by atoms with Crippen molar-refractivity contribution in [1.29, 1.82) is 0 Å². The lowest BCUT2D eigenvalue weighted by molar-refractivity contribution is 0.767. The van der Waals surface area contributed by atoms with Gasteiger partial charge in [0.2, 0.25) is 0 Å². The van der Waals surface area contributed by atoms with Crippen molar-refractivity contribution in [3.8, 4) is 0 Å². The van der Waals surface area contributed by atoms with Crippen molar-refractivity contribution in [3.63, 3.8) is 0 Å². The Hall–Kier alpha value is -1.62. The molecule has 0 aromatic carbocycles. The zero-order valence-corrected chi connectivity index (χ0v) is 10.6. The topological polar surface area (TPSA) is 55.6 Å². The summed E-state index contributed by atoms with van der Waals surface area (Å²) in [7, 11) is 1.91. The van der Waals surface area contributed by atoms with Crippen LogP contribution in [-0.4, -0.2) is 26.3 Å². The van der Waals surface area contributed by atoms with Gasteiger partial charge in [0, 0.05) is 25.4 Å². The van der Waals surface area contributed by atoms with E-state index in [0.717, 1.165) is 24.3 Å². The Bertz CT molecular complexity index is 508. The van der Waals surface area contributed by atoms with Crippen molar-refractivity contribution >= 4 is 17.4 Å². The van der Waals surface area contributed by atoms with Crippen molar-refractivity contribution in [2.24, 2.45) is 7.05 Å². The van der Waals surface area contributed by atoms with Crippen molar-refractivity contribution < 1.29 is 0 Å². The van der Waals surface area contributed by atoms with Crippen LogP contribution < -0.4 is 5.32 Å². The highest BCUT2D eigenvalue weighted by Gasteiger charge is 2.04. The number of nitrogens with one attached hydrogen (secondary N) is 1. The third-order valence-corrected chi connectivity index (χ3v) is 2.87. The van der Waals surface area contributed by atoms with Crippen LogP contribution in [0.3, 0.4) is 0 Å². The van der Waals surface area contributed by atoms with E-state index in [4.69, 9.17) is 11.6 Å². The maximum absolute atomic E-state index is 5.91. The van der Waals surface area contributed by atoms with Crippen molar-refractivity contribution in [3.05, 3.63) is 35.0 Å². The van der Waals surface area contributed by atoms with Crippen LogP contribution in [0.25, 0.3) is 0 Å². The summed E-state index contributed by atoms with van der Waals surface area (Å²) in [5.41, 5.74) is 2.07. The van der Waals surface area contributed by atoms with Gasteiger partial charge in [0.1, 0.15) is 17.3 Å². The Kier molecular flexibility index (Phi) is 3.58. The van der Waals surface area contributed by atoms with E-state index in [1.165, 1.54) is 11.9 Å². The van der Waals surface area contributed by atoms with Gasteiger partial charge in [-0.05, 0) is 18.9 Å². The first-order chi connectivity index (χ1) is 8.16. The maximum Gasteiger partial charge on any atom is 0.137 e. The Balaban J connectivity index is 1.92. The van der Waals surface area contributed by atoms with Gasteiger partial charge in [0.15, 0.2) is 0 Å². The largest absolute Gasteiger partial charge is 0.369 e. The predicted octanol–water partition coefficient (Wildman–Crippen LogP) is 1.83. The van der Waals surface area contributed by atoms with Gasteiger partial charge in [-0.3, -0.25) is 4.68 Å². The molecule has 2 aromatic rings. The lowest BCUT2D eigenvalue weighted by Gasteiger charge is -2.07. The summed E-state index contributed by atoms with van der Waals surface area (Å²) in [6, 6.07) is 0. The van der Waals surface area contributed by atoms with Crippen molar-refractivity contribution in [2.75, 3.05) is 11.9 Å². The molecule has 0 radical (unpaired) electrons. The first-order valence-electron chi connectivity index (χ1n) is 5.35. The van der Waals surface area contributed by atoms with Crippen LogP contribution in [-0.2, 0) is 13.5 Å². The molecule has 2 rings (SSSR count). The van der Waals surface area contributed by atoms with Crippen molar-refractivity contribution in [2.45, 2.75) is 13.3 Å². The highest BCUT2D eigenvalue weighted by Crippen LogP contribution is 2.17. The van der Waals surface area contributed by atoms with Gasteiger partial charge in [0.25, 0.3) is 0 Å². The molecule has 90 valence electrons. The second-order valence-corrected chi connectivity index (χ2v) is 4.20. The summed E-state index contributed by atoms with van der Waals surface area (Å²) in [5.74, 6) is 0.786. The lowest BCUT2D eigenvalue weighted by Crippen LogP contribution is -2.08. The molecule has 0 unspecified atom stereocenters. The number of rotatable bonds is 4. The molecule has 0 amide bonds. The van der Waals surface area contributed by atoms with Gasteiger partial charge in [-0.1, -0.05) is 11.6 Å². The second-order valence-electron chi connectivity index (χ2n) is 3.84. The first-order valence-corrected chi connectivity index (χ1v) is 5.73. The zero-order valence-electron chi connectivity index (χ0n) is 9.81. The first kappa shape index (κ1) is 11.9.